The molecule has 2 aromatic carbocycles. The van der Waals surface area contributed by atoms with E-state index in [9.17, 15) is 9.18 Å². The fourth-order valence-electron chi connectivity index (χ4n) is 2.55. The third-order valence-corrected chi connectivity index (χ3v) is 3.89. The molecule has 28 heavy (non-hydrogen) atoms. The summed E-state index contributed by atoms with van der Waals surface area (Å²) in [5.74, 6) is -0.284. The fraction of sp³-hybridized carbons (Fsp3) is 0.0909. The molecule has 142 valence electrons. The second-order valence-corrected chi connectivity index (χ2v) is 6.21. The molecule has 0 fully saturated rings. The number of hydrogen-bond acceptors (Lipinski definition) is 4. The average molecular weight is 377 g/mol. The number of rotatable bonds is 6. The monoisotopic (exact) mass is 377 g/mol. The van der Waals surface area contributed by atoms with E-state index in [0.717, 1.165) is 5.69 Å². The Morgan fingerprint density at radius 2 is 1.96 bits per heavy atom. The van der Waals surface area contributed by atoms with E-state index in [1.807, 2.05) is 43.3 Å². The van der Waals surface area contributed by atoms with Crippen molar-refractivity contribution >= 4 is 23.4 Å². The van der Waals surface area contributed by atoms with Gasteiger partial charge in [-0.3, -0.25) is 9.78 Å². The van der Waals surface area contributed by atoms with Crippen molar-refractivity contribution in [3.05, 3.63) is 84.4 Å². The van der Waals surface area contributed by atoms with Crippen molar-refractivity contribution in [2.24, 2.45) is 0 Å². The van der Waals surface area contributed by atoms with Gasteiger partial charge in [-0.15, -0.1) is 0 Å². The molecule has 0 saturated carbocycles. The highest BCUT2D eigenvalue weighted by Gasteiger charge is 2.07. The molecule has 3 aromatic rings. The molecule has 0 radical (unpaired) electrons. The van der Waals surface area contributed by atoms with E-state index in [0.29, 0.717) is 17.0 Å². The highest BCUT2D eigenvalue weighted by Crippen LogP contribution is 2.25. The zero-order chi connectivity index (χ0) is 19.9. The van der Waals surface area contributed by atoms with E-state index in [4.69, 9.17) is 4.74 Å². The van der Waals surface area contributed by atoms with Crippen molar-refractivity contribution in [1.82, 2.24) is 4.98 Å². The van der Waals surface area contributed by atoms with Crippen molar-refractivity contribution in [2.45, 2.75) is 0 Å². The second kappa shape index (κ2) is 8.81. The lowest BCUT2D eigenvalue weighted by Crippen LogP contribution is -2.14. The standard InChI is InChI=1S/C22H20FN3O2/c1-26(2)20-8-4-3-7-19(20)25-22(27)12-10-16-9-11-21(18(23)14-16)28-17-6-5-13-24-15-17/h3-15H,1-2H3,(H,25,27)/b12-10+. The van der Waals surface area contributed by atoms with Gasteiger partial charge < -0.3 is 15.0 Å². The Hall–Kier alpha value is -3.67. The number of amides is 1. The summed E-state index contributed by atoms with van der Waals surface area (Å²) in [6.45, 7) is 0. The van der Waals surface area contributed by atoms with Crippen LogP contribution in [0.25, 0.3) is 6.08 Å². The Balaban J connectivity index is 1.67. The lowest BCUT2D eigenvalue weighted by Gasteiger charge is -2.17. The number of pyridine rings is 1. The van der Waals surface area contributed by atoms with E-state index in [1.54, 1.807) is 30.5 Å². The van der Waals surface area contributed by atoms with Crippen LogP contribution in [-0.4, -0.2) is 25.0 Å². The van der Waals surface area contributed by atoms with Crippen LogP contribution >= 0.6 is 0 Å². The Bertz CT molecular complexity index is 988. The molecule has 1 amide bonds. The number of ether oxygens (including phenoxy) is 1. The Kier molecular flexibility index (Phi) is 6.01. The van der Waals surface area contributed by atoms with E-state index in [1.165, 1.54) is 24.4 Å². The number of carbonyl (C=O) groups excluding carboxylic acids is 1. The minimum atomic E-state index is -0.524. The molecule has 0 spiro atoms. The number of aromatic nitrogens is 1. The summed E-state index contributed by atoms with van der Waals surface area (Å²) in [5.41, 5.74) is 2.15. The number of benzene rings is 2. The number of carbonyl (C=O) groups is 1. The molecule has 3 rings (SSSR count). The fourth-order valence-corrected chi connectivity index (χ4v) is 2.55. The van der Waals surface area contributed by atoms with Crippen molar-refractivity contribution in [1.29, 1.82) is 0 Å². The quantitative estimate of drug-likeness (QED) is 0.631. The highest BCUT2D eigenvalue weighted by molar-refractivity contribution is 6.03. The maximum absolute atomic E-state index is 14.3. The van der Waals surface area contributed by atoms with E-state index in [2.05, 4.69) is 10.3 Å². The summed E-state index contributed by atoms with van der Waals surface area (Å²) in [7, 11) is 3.80. The topological polar surface area (TPSA) is 54.5 Å². The smallest absolute Gasteiger partial charge is 0.248 e. The first-order valence-electron chi connectivity index (χ1n) is 8.66. The molecule has 5 nitrogen and oxygen atoms in total. The summed E-state index contributed by atoms with van der Waals surface area (Å²) >= 11 is 0. The van der Waals surface area contributed by atoms with Crippen LogP contribution in [0, 0.1) is 5.82 Å². The summed E-state index contributed by atoms with van der Waals surface area (Å²) in [6.07, 6.45) is 6.02. The van der Waals surface area contributed by atoms with E-state index >= 15 is 0 Å². The van der Waals surface area contributed by atoms with Crippen LogP contribution in [0.3, 0.4) is 0 Å². The average Bonchev–Trinajstić information content (AvgIpc) is 2.69. The Labute approximate surface area is 163 Å². The van der Waals surface area contributed by atoms with Gasteiger partial charge >= 0.3 is 0 Å². The third kappa shape index (κ3) is 4.94. The van der Waals surface area contributed by atoms with Gasteiger partial charge in [-0.2, -0.15) is 0 Å². The zero-order valence-electron chi connectivity index (χ0n) is 15.6. The van der Waals surface area contributed by atoms with Gasteiger partial charge in [0.25, 0.3) is 0 Å². The van der Waals surface area contributed by atoms with Gasteiger partial charge in [0, 0.05) is 26.4 Å². The summed E-state index contributed by atoms with van der Waals surface area (Å²) in [4.78, 5) is 18.0. The first kappa shape index (κ1) is 19.1. The van der Waals surface area contributed by atoms with E-state index < -0.39 is 5.82 Å². The molecule has 6 heteroatoms. The molecule has 0 atom stereocenters. The molecule has 0 aliphatic heterocycles. The minimum Gasteiger partial charge on any atom is -0.453 e. The molecule has 1 heterocycles. The van der Waals surface area contributed by atoms with Gasteiger partial charge in [-0.25, -0.2) is 4.39 Å². The van der Waals surface area contributed by atoms with Crippen LogP contribution in [0.4, 0.5) is 15.8 Å². The number of nitrogens with one attached hydrogen (secondary N) is 1. The van der Waals surface area contributed by atoms with Crippen LogP contribution in [-0.2, 0) is 4.79 Å². The van der Waals surface area contributed by atoms with Crippen LogP contribution in [0.1, 0.15) is 5.56 Å². The van der Waals surface area contributed by atoms with Crippen LogP contribution in [0.15, 0.2) is 73.1 Å². The Morgan fingerprint density at radius 1 is 1.14 bits per heavy atom. The predicted molar refractivity (Wildman–Crippen MR) is 109 cm³/mol. The molecule has 1 N–H and O–H groups in total. The number of halogens is 1. The number of nitrogens with zero attached hydrogens (tertiary/aromatic N) is 2. The van der Waals surface area contributed by atoms with Crippen LogP contribution in [0.5, 0.6) is 11.5 Å². The largest absolute Gasteiger partial charge is 0.453 e. The van der Waals surface area contributed by atoms with Crippen LogP contribution < -0.4 is 15.0 Å². The molecular formula is C22H20FN3O2. The first-order valence-corrected chi connectivity index (χ1v) is 8.66. The van der Waals surface area contributed by atoms with Gasteiger partial charge in [-0.05, 0) is 48.0 Å². The van der Waals surface area contributed by atoms with Crippen molar-refractivity contribution in [3.63, 3.8) is 0 Å². The number of anilines is 2. The molecule has 0 aliphatic rings. The maximum atomic E-state index is 14.3. The summed E-state index contributed by atoms with van der Waals surface area (Å²) < 4.78 is 19.7. The van der Waals surface area contributed by atoms with Gasteiger partial charge in [0.15, 0.2) is 11.6 Å². The number of hydrogen-bond donors (Lipinski definition) is 1. The minimum absolute atomic E-state index is 0.0921. The van der Waals surface area contributed by atoms with Crippen molar-refractivity contribution < 1.29 is 13.9 Å². The maximum Gasteiger partial charge on any atom is 0.248 e. The van der Waals surface area contributed by atoms with Gasteiger partial charge in [0.2, 0.25) is 5.91 Å². The second-order valence-electron chi connectivity index (χ2n) is 6.21. The molecular weight excluding hydrogens is 357 g/mol. The lowest BCUT2D eigenvalue weighted by atomic mass is 10.2. The van der Waals surface area contributed by atoms with Gasteiger partial charge in [-0.1, -0.05) is 18.2 Å². The van der Waals surface area contributed by atoms with Gasteiger partial charge in [0.05, 0.1) is 17.6 Å². The summed E-state index contributed by atoms with van der Waals surface area (Å²) in [5, 5.41) is 2.83. The molecule has 0 bridgehead atoms. The molecule has 0 unspecified atom stereocenters. The molecule has 0 saturated heterocycles. The molecule has 1 aromatic heterocycles. The van der Waals surface area contributed by atoms with Crippen LogP contribution in [0.2, 0.25) is 0 Å². The van der Waals surface area contributed by atoms with Crippen molar-refractivity contribution in [2.75, 3.05) is 24.3 Å². The summed E-state index contributed by atoms with van der Waals surface area (Å²) in [6, 6.07) is 15.4. The van der Waals surface area contributed by atoms with E-state index in [-0.39, 0.29) is 11.7 Å². The highest BCUT2D eigenvalue weighted by atomic mass is 19.1. The first-order chi connectivity index (χ1) is 13.5. The third-order valence-electron chi connectivity index (χ3n) is 3.89. The lowest BCUT2D eigenvalue weighted by molar-refractivity contribution is -0.111. The van der Waals surface area contributed by atoms with Crippen molar-refractivity contribution in [3.8, 4) is 11.5 Å². The van der Waals surface area contributed by atoms with Gasteiger partial charge in [0.1, 0.15) is 5.75 Å². The normalized spacial score (nSPS) is 10.7. The predicted octanol–water partition coefficient (Wildman–Crippen LogP) is 4.73. The Morgan fingerprint density at radius 3 is 2.68 bits per heavy atom. The number of para-hydroxylation sites is 2. The molecule has 0 aliphatic carbocycles. The zero-order valence-corrected chi connectivity index (χ0v) is 15.6. The SMILES string of the molecule is CN(C)c1ccccc1NC(=O)/C=C/c1ccc(Oc2cccnc2)c(F)c1.